The fraction of sp³-hybridized carbons (Fsp3) is 0.767. The van der Waals surface area contributed by atoms with Crippen LogP contribution in [0.4, 0.5) is 0 Å². The highest BCUT2D eigenvalue weighted by atomic mass is 16.6. The Bertz CT molecular complexity index is 1120. The molecular weight excluding hydrogens is 466 g/mol. The molecule has 2 aliphatic heterocycles. The molecule has 8 rings (SSSR count). The van der Waals surface area contributed by atoms with Crippen LogP contribution in [0.3, 0.4) is 0 Å². The van der Waals surface area contributed by atoms with E-state index >= 15 is 0 Å². The highest BCUT2D eigenvalue weighted by molar-refractivity contribution is 5.81. The van der Waals surface area contributed by atoms with Crippen molar-refractivity contribution in [2.24, 2.45) is 28.9 Å². The normalized spacial score (nSPS) is 39.9. The van der Waals surface area contributed by atoms with E-state index in [4.69, 9.17) is 15.2 Å². The van der Waals surface area contributed by atoms with Crippen LogP contribution in [-0.2, 0) is 21.4 Å². The van der Waals surface area contributed by atoms with Gasteiger partial charge in [-0.25, -0.2) is 0 Å². The number of amides is 1. The third kappa shape index (κ3) is 3.08. The van der Waals surface area contributed by atoms with Crippen LogP contribution in [-0.4, -0.2) is 66.4 Å². The molecule has 37 heavy (non-hydrogen) atoms. The van der Waals surface area contributed by atoms with E-state index in [9.17, 15) is 9.90 Å². The molecule has 5 aliphatic carbocycles. The lowest BCUT2D eigenvalue weighted by Gasteiger charge is -2.74. The number of fused-ring (bicyclic) bond motifs is 2. The van der Waals surface area contributed by atoms with Crippen molar-refractivity contribution >= 4 is 5.91 Å². The lowest BCUT2D eigenvalue weighted by Crippen LogP contribution is -2.81. The maximum atomic E-state index is 13.0. The van der Waals surface area contributed by atoms with E-state index in [2.05, 4.69) is 30.1 Å². The first kappa shape index (κ1) is 24.2. The fourth-order valence-electron chi connectivity index (χ4n) is 9.76. The average Bonchev–Trinajstić information content (AvgIpc) is 3.62. The highest BCUT2D eigenvalue weighted by Crippen LogP contribution is 2.76. The van der Waals surface area contributed by atoms with Crippen molar-refractivity contribution < 1.29 is 19.4 Å². The summed E-state index contributed by atoms with van der Waals surface area (Å²) in [6.45, 7) is 7.04. The molecule has 2 spiro atoms. The van der Waals surface area contributed by atoms with E-state index in [1.807, 2.05) is 13.2 Å². The number of methoxy groups -OCH3 is 1. The van der Waals surface area contributed by atoms with Crippen LogP contribution in [0.5, 0.6) is 11.5 Å². The Morgan fingerprint density at radius 3 is 2.84 bits per heavy atom. The van der Waals surface area contributed by atoms with Gasteiger partial charge in [-0.05, 0) is 81.4 Å². The van der Waals surface area contributed by atoms with E-state index in [-0.39, 0.29) is 34.5 Å². The van der Waals surface area contributed by atoms with Crippen molar-refractivity contribution in [3.05, 3.63) is 23.3 Å². The molecular formula is C30H43N3O4. The fourth-order valence-corrected chi connectivity index (χ4v) is 9.76. The van der Waals surface area contributed by atoms with Crippen LogP contribution in [0, 0.1) is 23.2 Å². The number of hydrogen-bond donors (Lipinski definition) is 3. The first-order chi connectivity index (χ1) is 17.8. The van der Waals surface area contributed by atoms with Crippen LogP contribution in [0.1, 0.15) is 69.9 Å². The largest absolute Gasteiger partial charge is 0.504 e. The summed E-state index contributed by atoms with van der Waals surface area (Å²) >= 11 is 0. The molecule has 7 nitrogen and oxygen atoms in total. The molecule has 0 radical (unpaired) electrons. The molecule has 7 heteroatoms. The number of piperidine rings is 1. The van der Waals surface area contributed by atoms with Crippen LogP contribution < -0.4 is 15.8 Å². The Morgan fingerprint density at radius 1 is 1.30 bits per heavy atom. The number of aromatic hydroxyl groups is 1. The van der Waals surface area contributed by atoms with E-state index in [0.29, 0.717) is 30.7 Å². The number of phenols is 1. The Labute approximate surface area is 220 Å². The number of nitrogens with two attached hydrogens (primary N) is 1. The quantitative estimate of drug-likeness (QED) is 0.498. The number of carbonyl (C=O) groups excluding carboxylic acids is 1. The van der Waals surface area contributed by atoms with Gasteiger partial charge in [-0.1, -0.05) is 19.9 Å². The second-order valence-electron chi connectivity index (χ2n) is 13.5. The van der Waals surface area contributed by atoms with Gasteiger partial charge in [-0.2, -0.15) is 0 Å². The van der Waals surface area contributed by atoms with E-state index in [1.54, 1.807) is 0 Å². The molecule has 1 amide bonds. The van der Waals surface area contributed by atoms with E-state index in [1.165, 1.54) is 30.5 Å². The van der Waals surface area contributed by atoms with Gasteiger partial charge in [0, 0.05) is 48.6 Å². The molecule has 4 N–H and O–H groups in total. The van der Waals surface area contributed by atoms with Crippen molar-refractivity contribution in [3.8, 4) is 11.5 Å². The summed E-state index contributed by atoms with van der Waals surface area (Å²) in [5.41, 5.74) is 8.30. The minimum atomic E-state index is -0.500. The summed E-state index contributed by atoms with van der Waals surface area (Å²) in [6.07, 6.45) is 8.37. The van der Waals surface area contributed by atoms with Gasteiger partial charge in [0.2, 0.25) is 5.91 Å². The van der Waals surface area contributed by atoms with Crippen LogP contribution in [0.15, 0.2) is 12.1 Å². The van der Waals surface area contributed by atoms with Crippen LogP contribution in [0.2, 0.25) is 0 Å². The van der Waals surface area contributed by atoms with Gasteiger partial charge in [-0.15, -0.1) is 0 Å². The summed E-state index contributed by atoms with van der Waals surface area (Å²) in [5.74, 6) is 2.26. The number of nitrogens with zero attached hydrogens (tertiary/aromatic N) is 1. The number of carbonyl (C=O) groups is 1. The molecule has 2 heterocycles. The van der Waals surface area contributed by atoms with Crippen molar-refractivity contribution in [2.45, 2.75) is 94.4 Å². The predicted octanol–water partition coefficient (Wildman–Crippen LogP) is 3.11. The molecule has 7 aliphatic rings. The summed E-state index contributed by atoms with van der Waals surface area (Å²) < 4.78 is 13.4. The summed E-state index contributed by atoms with van der Waals surface area (Å²) in [4.78, 5) is 15.8. The zero-order valence-electron chi connectivity index (χ0n) is 22.6. The topological polar surface area (TPSA) is 97.0 Å². The Kier molecular flexibility index (Phi) is 5.30. The predicted molar refractivity (Wildman–Crippen MR) is 141 cm³/mol. The molecule has 1 saturated heterocycles. The van der Waals surface area contributed by atoms with Gasteiger partial charge in [0.05, 0.1) is 6.04 Å². The maximum absolute atomic E-state index is 13.0. The molecule has 7 atom stereocenters. The average molecular weight is 510 g/mol. The van der Waals surface area contributed by atoms with Crippen LogP contribution in [0.25, 0.3) is 0 Å². The molecule has 1 aromatic carbocycles. The number of hydrogen-bond acceptors (Lipinski definition) is 6. The number of ether oxygens (including phenoxy) is 2. The SMILES string of the molecule is COC12CC[C@@]3(CC1CNC(=O)[C@@H](N)CC(C)C)[C@H]1Cc4ccc(O)c5c4[C@@]3(CCN1CC1CC1)C2O5. The summed E-state index contributed by atoms with van der Waals surface area (Å²) in [5, 5.41) is 14.2. The van der Waals surface area contributed by atoms with Gasteiger partial charge < -0.3 is 25.6 Å². The van der Waals surface area contributed by atoms with Gasteiger partial charge in [0.15, 0.2) is 11.5 Å². The summed E-state index contributed by atoms with van der Waals surface area (Å²) in [6, 6.07) is 3.96. The molecule has 4 bridgehead atoms. The number of rotatable bonds is 8. The van der Waals surface area contributed by atoms with Gasteiger partial charge in [0.25, 0.3) is 0 Å². The molecule has 5 fully saturated rings. The summed E-state index contributed by atoms with van der Waals surface area (Å²) in [7, 11) is 1.82. The van der Waals surface area contributed by atoms with E-state index in [0.717, 1.165) is 44.6 Å². The third-order valence-electron chi connectivity index (χ3n) is 11.4. The number of phenolic OH excluding ortho intramolecular Hbond substituents is 1. The van der Waals surface area contributed by atoms with Gasteiger partial charge in [-0.3, -0.25) is 9.69 Å². The van der Waals surface area contributed by atoms with Gasteiger partial charge in [0.1, 0.15) is 11.7 Å². The second-order valence-corrected chi connectivity index (χ2v) is 13.5. The first-order valence-corrected chi connectivity index (χ1v) is 14.6. The Hall–Kier alpha value is -1.83. The maximum Gasteiger partial charge on any atom is 0.236 e. The lowest BCUT2D eigenvalue weighted by molar-refractivity contribution is -0.276. The van der Waals surface area contributed by atoms with Crippen molar-refractivity contribution in [3.63, 3.8) is 0 Å². The molecule has 0 aromatic heterocycles. The number of benzene rings is 1. The number of likely N-dealkylation sites (tertiary alicyclic amines) is 1. The molecule has 202 valence electrons. The second kappa shape index (κ2) is 8.09. The van der Waals surface area contributed by atoms with Crippen molar-refractivity contribution in [1.29, 1.82) is 0 Å². The van der Waals surface area contributed by atoms with Crippen LogP contribution >= 0.6 is 0 Å². The van der Waals surface area contributed by atoms with Gasteiger partial charge >= 0.3 is 0 Å². The van der Waals surface area contributed by atoms with Crippen molar-refractivity contribution in [2.75, 3.05) is 26.7 Å². The molecule has 3 unspecified atom stereocenters. The number of nitrogens with one attached hydrogen (secondary N) is 1. The Balaban J connectivity index is 1.29. The molecule has 1 aromatic rings. The standard InChI is InChI=1S/C30H43N3O4/c1-17(2)12-21(31)26(35)32-15-20-14-28-8-9-30(20,36-3)27-29(28)10-11-33(16-18-4-5-18)23(28)13-19-6-7-22(34)25(37-27)24(19)29/h6-7,17-18,20-21,23,27,34H,4-5,8-16,31H2,1-3H3,(H,32,35)/t20?,21-,23+,27?,28+,29-,30?/m0/s1. The minimum absolute atomic E-state index is 0.0621. The van der Waals surface area contributed by atoms with Crippen molar-refractivity contribution in [1.82, 2.24) is 10.2 Å². The smallest absolute Gasteiger partial charge is 0.236 e. The lowest BCUT2D eigenvalue weighted by atomic mass is 9.35. The zero-order valence-corrected chi connectivity index (χ0v) is 22.6. The highest BCUT2D eigenvalue weighted by Gasteiger charge is 2.80. The first-order valence-electron chi connectivity index (χ1n) is 14.6. The minimum Gasteiger partial charge on any atom is -0.504 e. The monoisotopic (exact) mass is 509 g/mol. The molecule has 4 saturated carbocycles. The zero-order chi connectivity index (χ0) is 25.7. The Morgan fingerprint density at radius 2 is 2.11 bits per heavy atom. The third-order valence-corrected chi connectivity index (χ3v) is 11.4. The van der Waals surface area contributed by atoms with E-state index < -0.39 is 11.6 Å².